The van der Waals surface area contributed by atoms with Gasteiger partial charge in [0.1, 0.15) is 5.82 Å². The number of benzene rings is 1. The highest BCUT2D eigenvalue weighted by Crippen LogP contribution is 2.08. The first-order chi connectivity index (χ1) is 8.29. The highest BCUT2D eigenvalue weighted by molar-refractivity contribution is 7.89. The summed E-state index contributed by atoms with van der Waals surface area (Å²) in [6, 6.07) is 4.02. The fourth-order valence-electron chi connectivity index (χ4n) is 1.36. The van der Waals surface area contributed by atoms with Crippen LogP contribution in [0.15, 0.2) is 18.2 Å². The minimum absolute atomic E-state index is 0.185. The van der Waals surface area contributed by atoms with E-state index < -0.39 is 10.0 Å². The molecule has 0 aliphatic rings. The molecule has 18 heavy (non-hydrogen) atoms. The standard InChI is InChI=1S/C11H15FN2O3S/c1-8-7-9(3-4-10(8)12)11(15)14-5-2-6-18(13,16)17/h3-4,7H,2,5-6H2,1H3,(H,14,15)(H2,13,16,17). The van der Waals surface area contributed by atoms with Crippen LogP contribution in [0.25, 0.3) is 0 Å². The lowest BCUT2D eigenvalue weighted by molar-refractivity contribution is 0.0953. The number of hydrogen-bond donors (Lipinski definition) is 2. The Morgan fingerprint density at radius 2 is 2.11 bits per heavy atom. The number of rotatable bonds is 5. The lowest BCUT2D eigenvalue weighted by Crippen LogP contribution is -2.27. The minimum Gasteiger partial charge on any atom is -0.352 e. The number of carbonyl (C=O) groups excluding carboxylic acids is 1. The summed E-state index contributed by atoms with van der Waals surface area (Å²) in [5.74, 6) is -0.927. The van der Waals surface area contributed by atoms with Crippen LogP contribution in [0.1, 0.15) is 22.3 Å². The molecular formula is C11H15FN2O3S. The van der Waals surface area contributed by atoms with Crippen molar-refractivity contribution in [3.8, 4) is 0 Å². The zero-order chi connectivity index (χ0) is 13.8. The molecule has 0 saturated carbocycles. The highest BCUT2D eigenvalue weighted by atomic mass is 32.2. The second-order valence-electron chi connectivity index (χ2n) is 3.94. The number of amides is 1. The number of sulfonamides is 1. The molecule has 0 radical (unpaired) electrons. The molecule has 100 valence electrons. The third-order valence-corrected chi connectivity index (χ3v) is 3.17. The molecule has 0 unspecified atom stereocenters. The molecule has 0 saturated heterocycles. The van der Waals surface area contributed by atoms with E-state index in [0.29, 0.717) is 11.1 Å². The quantitative estimate of drug-likeness (QED) is 0.768. The Hall–Kier alpha value is -1.47. The van der Waals surface area contributed by atoms with Gasteiger partial charge in [0.15, 0.2) is 0 Å². The predicted molar refractivity (Wildman–Crippen MR) is 66.1 cm³/mol. The number of halogens is 1. The fraction of sp³-hybridized carbons (Fsp3) is 0.364. The largest absolute Gasteiger partial charge is 0.352 e. The zero-order valence-corrected chi connectivity index (χ0v) is 10.8. The normalized spacial score (nSPS) is 11.3. The highest BCUT2D eigenvalue weighted by Gasteiger charge is 2.08. The van der Waals surface area contributed by atoms with E-state index in [1.165, 1.54) is 18.2 Å². The first kappa shape index (κ1) is 14.6. The Morgan fingerprint density at radius 1 is 1.44 bits per heavy atom. The molecule has 5 nitrogen and oxygen atoms in total. The van der Waals surface area contributed by atoms with Crippen molar-refractivity contribution in [2.24, 2.45) is 5.14 Å². The third-order valence-electron chi connectivity index (χ3n) is 2.31. The van der Waals surface area contributed by atoms with Crippen LogP contribution in [0, 0.1) is 12.7 Å². The van der Waals surface area contributed by atoms with Gasteiger partial charge in [-0.15, -0.1) is 0 Å². The lowest BCUT2D eigenvalue weighted by atomic mass is 10.1. The molecule has 1 amide bonds. The summed E-state index contributed by atoms with van der Waals surface area (Å²) in [5, 5.41) is 7.35. The number of nitrogens with two attached hydrogens (primary N) is 1. The first-order valence-electron chi connectivity index (χ1n) is 5.34. The fourth-order valence-corrected chi connectivity index (χ4v) is 1.91. The van der Waals surface area contributed by atoms with Gasteiger partial charge in [-0.1, -0.05) is 0 Å². The van der Waals surface area contributed by atoms with Gasteiger partial charge in [-0.25, -0.2) is 17.9 Å². The van der Waals surface area contributed by atoms with Gasteiger partial charge >= 0.3 is 0 Å². The molecule has 1 aromatic carbocycles. The van der Waals surface area contributed by atoms with Crippen LogP contribution in [0.4, 0.5) is 4.39 Å². The molecule has 0 heterocycles. The molecule has 0 aliphatic heterocycles. The molecular weight excluding hydrogens is 259 g/mol. The van der Waals surface area contributed by atoms with Crippen LogP contribution >= 0.6 is 0 Å². The van der Waals surface area contributed by atoms with Crippen molar-refractivity contribution < 1.29 is 17.6 Å². The van der Waals surface area contributed by atoms with Crippen LogP contribution < -0.4 is 10.5 Å². The molecule has 1 rings (SSSR count). The van der Waals surface area contributed by atoms with Crippen molar-refractivity contribution in [1.29, 1.82) is 0 Å². The van der Waals surface area contributed by atoms with Gasteiger partial charge in [0, 0.05) is 12.1 Å². The Morgan fingerprint density at radius 3 is 2.67 bits per heavy atom. The van der Waals surface area contributed by atoms with Gasteiger partial charge in [-0.05, 0) is 37.1 Å². The molecule has 0 fully saturated rings. The van der Waals surface area contributed by atoms with E-state index in [4.69, 9.17) is 5.14 Å². The predicted octanol–water partition coefficient (Wildman–Crippen LogP) is 0.543. The SMILES string of the molecule is Cc1cc(C(=O)NCCCS(N)(=O)=O)ccc1F. The molecule has 0 aliphatic carbocycles. The smallest absolute Gasteiger partial charge is 0.251 e. The lowest BCUT2D eigenvalue weighted by Gasteiger charge is -2.05. The maximum absolute atomic E-state index is 13.0. The zero-order valence-electron chi connectivity index (χ0n) is 9.94. The van der Waals surface area contributed by atoms with Crippen molar-refractivity contribution in [3.05, 3.63) is 35.1 Å². The van der Waals surface area contributed by atoms with Crippen LogP contribution in [-0.2, 0) is 10.0 Å². The molecule has 0 atom stereocenters. The molecule has 7 heteroatoms. The maximum atomic E-state index is 13.0. The van der Waals surface area contributed by atoms with Crippen molar-refractivity contribution in [1.82, 2.24) is 5.32 Å². The van der Waals surface area contributed by atoms with Gasteiger partial charge in [0.25, 0.3) is 5.91 Å². The topological polar surface area (TPSA) is 89.3 Å². The molecule has 0 spiro atoms. The molecule has 1 aromatic rings. The average molecular weight is 274 g/mol. The summed E-state index contributed by atoms with van der Waals surface area (Å²) in [6.45, 7) is 1.76. The monoisotopic (exact) mass is 274 g/mol. The average Bonchev–Trinajstić information content (AvgIpc) is 2.26. The maximum Gasteiger partial charge on any atom is 0.251 e. The first-order valence-corrected chi connectivity index (χ1v) is 7.06. The number of nitrogens with one attached hydrogen (secondary N) is 1. The summed E-state index contributed by atoms with van der Waals surface area (Å²) >= 11 is 0. The van der Waals surface area contributed by atoms with Crippen LogP contribution in [0.2, 0.25) is 0 Å². The summed E-state index contributed by atoms with van der Waals surface area (Å²) < 4.78 is 34.3. The van der Waals surface area contributed by atoms with Crippen LogP contribution in [0.3, 0.4) is 0 Å². The van der Waals surface area contributed by atoms with Crippen LogP contribution in [0.5, 0.6) is 0 Å². The van der Waals surface area contributed by atoms with E-state index in [-0.39, 0.29) is 30.4 Å². The van der Waals surface area contributed by atoms with Crippen molar-refractivity contribution in [3.63, 3.8) is 0 Å². The van der Waals surface area contributed by atoms with E-state index in [9.17, 15) is 17.6 Å². The van der Waals surface area contributed by atoms with Crippen molar-refractivity contribution in [2.75, 3.05) is 12.3 Å². The minimum atomic E-state index is -3.50. The van der Waals surface area contributed by atoms with Gasteiger partial charge in [-0.2, -0.15) is 0 Å². The van der Waals surface area contributed by atoms with E-state index in [1.54, 1.807) is 6.92 Å². The van der Waals surface area contributed by atoms with Crippen molar-refractivity contribution in [2.45, 2.75) is 13.3 Å². The third kappa shape index (κ3) is 4.80. The van der Waals surface area contributed by atoms with Gasteiger partial charge in [0.2, 0.25) is 10.0 Å². The Balaban J connectivity index is 2.48. The summed E-state index contributed by atoms with van der Waals surface area (Å²) in [6.07, 6.45) is 0.241. The molecule has 3 N–H and O–H groups in total. The van der Waals surface area contributed by atoms with E-state index >= 15 is 0 Å². The number of carbonyl (C=O) groups is 1. The Kier molecular flexibility index (Phi) is 4.80. The number of primary sulfonamides is 1. The summed E-state index contributed by atoms with van der Waals surface area (Å²) in [5.41, 5.74) is 0.719. The second kappa shape index (κ2) is 5.92. The van der Waals surface area contributed by atoms with Gasteiger partial charge < -0.3 is 5.32 Å². The Labute approximate surface area is 105 Å². The van der Waals surface area contributed by atoms with Gasteiger partial charge in [-0.3, -0.25) is 4.79 Å². The van der Waals surface area contributed by atoms with E-state index in [1.807, 2.05) is 0 Å². The van der Waals surface area contributed by atoms with Gasteiger partial charge in [0.05, 0.1) is 5.75 Å². The Bertz CT molecular complexity index is 543. The van der Waals surface area contributed by atoms with Crippen molar-refractivity contribution >= 4 is 15.9 Å². The molecule has 0 aromatic heterocycles. The molecule has 0 bridgehead atoms. The number of aryl methyl sites for hydroxylation is 1. The summed E-state index contributed by atoms with van der Waals surface area (Å²) in [4.78, 5) is 11.6. The van der Waals surface area contributed by atoms with E-state index in [2.05, 4.69) is 5.32 Å². The number of hydrogen-bond acceptors (Lipinski definition) is 3. The van der Waals surface area contributed by atoms with Crippen LogP contribution in [-0.4, -0.2) is 26.6 Å². The second-order valence-corrected chi connectivity index (χ2v) is 5.67. The summed E-state index contributed by atoms with van der Waals surface area (Å²) in [7, 11) is -3.50. The van der Waals surface area contributed by atoms with E-state index in [0.717, 1.165) is 0 Å².